The number of carbonyl (C=O) groups excluding carboxylic acids is 1. The SMILES string of the molecule is O=C(NN=Cc1ccc(S(=O)(=O)O)o1)C1COc2ccccc2O1. The number of nitrogens with zero attached hydrogens (tertiary/aromatic N) is 1. The first-order chi connectivity index (χ1) is 11.4. The summed E-state index contributed by atoms with van der Waals surface area (Å²) in [5.74, 6) is 0.506. The molecule has 1 atom stereocenters. The van der Waals surface area contributed by atoms with Gasteiger partial charge in [-0.1, -0.05) is 12.1 Å². The van der Waals surface area contributed by atoms with Crippen LogP contribution in [0.15, 0.2) is 51.0 Å². The Balaban J connectivity index is 1.59. The third-order valence-electron chi connectivity index (χ3n) is 3.02. The smallest absolute Gasteiger partial charge is 0.328 e. The van der Waals surface area contributed by atoms with Gasteiger partial charge in [-0.15, -0.1) is 0 Å². The molecule has 2 heterocycles. The number of benzene rings is 1. The fraction of sp³-hybridized carbons (Fsp3) is 0.143. The monoisotopic (exact) mass is 352 g/mol. The van der Waals surface area contributed by atoms with Crippen molar-refractivity contribution in [2.24, 2.45) is 5.10 Å². The minimum atomic E-state index is -4.42. The highest BCUT2D eigenvalue weighted by Crippen LogP contribution is 2.30. The van der Waals surface area contributed by atoms with Gasteiger partial charge in [-0.3, -0.25) is 9.35 Å². The van der Waals surface area contributed by atoms with E-state index in [1.807, 2.05) is 0 Å². The molecular formula is C14H12N2O7S. The summed E-state index contributed by atoms with van der Waals surface area (Å²) in [6.07, 6.45) is 0.214. The van der Waals surface area contributed by atoms with Gasteiger partial charge in [0, 0.05) is 0 Å². The second-order valence-electron chi connectivity index (χ2n) is 4.73. The van der Waals surface area contributed by atoms with E-state index in [9.17, 15) is 13.2 Å². The molecule has 10 heteroatoms. The molecule has 1 aromatic heterocycles. The molecule has 1 aliphatic heterocycles. The Labute approximate surface area is 136 Å². The van der Waals surface area contributed by atoms with Crippen LogP contribution in [0.25, 0.3) is 0 Å². The fourth-order valence-electron chi connectivity index (χ4n) is 1.92. The quantitative estimate of drug-likeness (QED) is 0.473. The lowest BCUT2D eigenvalue weighted by Crippen LogP contribution is -2.42. The van der Waals surface area contributed by atoms with Gasteiger partial charge in [-0.05, 0) is 24.3 Å². The predicted octanol–water partition coefficient (Wildman–Crippen LogP) is 0.816. The molecule has 2 N–H and O–H groups in total. The van der Waals surface area contributed by atoms with E-state index < -0.39 is 27.2 Å². The number of hydrogen-bond donors (Lipinski definition) is 2. The molecule has 2 aromatic rings. The first kappa shape index (κ1) is 16.0. The van der Waals surface area contributed by atoms with Gasteiger partial charge in [-0.2, -0.15) is 13.5 Å². The van der Waals surface area contributed by atoms with Gasteiger partial charge in [0.1, 0.15) is 12.4 Å². The van der Waals surface area contributed by atoms with Crippen molar-refractivity contribution >= 4 is 22.2 Å². The maximum Gasteiger partial charge on any atom is 0.328 e. The van der Waals surface area contributed by atoms with Gasteiger partial charge in [0.2, 0.25) is 11.2 Å². The molecule has 0 saturated heterocycles. The summed E-state index contributed by atoms with van der Waals surface area (Å²) >= 11 is 0. The molecule has 0 radical (unpaired) electrons. The molecule has 0 bridgehead atoms. The Hall–Kier alpha value is -2.85. The second-order valence-corrected chi connectivity index (χ2v) is 6.08. The van der Waals surface area contributed by atoms with Crippen LogP contribution < -0.4 is 14.9 Å². The fourth-order valence-corrected chi connectivity index (χ4v) is 2.36. The zero-order chi connectivity index (χ0) is 17.2. The lowest BCUT2D eigenvalue weighted by atomic mass is 10.2. The Bertz CT molecular complexity index is 888. The summed E-state index contributed by atoms with van der Waals surface area (Å²) in [7, 11) is -4.42. The minimum absolute atomic E-state index is 0.0338. The highest BCUT2D eigenvalue weighted by Gasteiger charge is 2.27. The Morgan fingerprint density at radius 3 is 2.71 bits per heavy atom. The maximum atomic E-state index is 12.0. The summed E-state index contributed by atoms with van der Waals surface area (Å²) in [5, 5.41) is 3.02. The predicted molar refractivity (Wildman–Crippen MR) is 80.6 cm³/mol. The van der Waals surface area contributed by atoms with Crippen LogP contribution in [-0.4, -0.2) is 37.8 Å². The number of carbonyl (C=O) groups is 1. The number of hydrogen-bond acceptors (Lipinski definition) is 7. The molecule has 1 aliphatic rings. The maximum absolute atomic E-state index is 12.0. The zero-order valence-corrected chi connectivity index (χ0v) is 12.9. The average molecular weight is 352 g/mol. The summed E-state index contributed by atoms with van der Waals surface area (Å²) in [6.45, 7) is 0.0338. The Morgan fingerprint density at radius 1 is 1.25 bits per heavy atom. The highest BCUT2D eigenvalue weighted by atomic mass is 32.2. The summed E-state index contributed by atoms with van der Waals surface area (Å²) in [4.78, 5) is 12.0. The van der Waals surface area contributed by atoms with Crippen molar-refractivity contribution in [3.63, 3.8) is 0 Å². The van der Waals surface area contributed by atoms with Crippen molar-refractivity contribution in [1.82, 2.24) is 5.43 Å². The lowest BCUT2D eigenvalue weighted by molar-refractivity contribution is -0.130. The van der Waals surface area contributed by atoms with Gasteiger partial charge in [0.15, 0.2) is 11.5 Å². The van der Waals surface area contributed by atoms with E-state index in [0.29, 0.717) is 11.5 Å². The standard InChI is InChI=1S/C14H12N2O7S/c17-14(12-8-21-10-3-1-2-4-11(10)23-12)16-15-7-9-5-6-13(22-9)24(18,19)20/h1-7,12H,8H2,(H,16,17)(H,18,19,20). The normalized spacial score (nSPS) is 17.0. The number of fused-ring (bicyclic) bond motifs is 1. The van der Waals surface area contributed by atoms with Crippen LogP contribution in [0.3, 0.4) is 0 Å². The Kier molecular flexibility index (Phi) is 4.23. The molecule has 0 aliphatic carbocycles. The summed E-state index contributed by atoms with van der Waals surface area (Å²) in [6, 6.07) is 9.28. The van der Waals surface area contributed by atoms with Crippen molar-refractivity contribution in [1.29, 1.82) is 0 Å². The van der Waals surface area contributed by atoms with E-state index in [2.05, 4.69) is 10.5 Å². The largest absolute Gasteiger partial charge is 0.485 e. The van der Waals surface area contributed by atoms with Gasteiger partial charge in [0.05, 0.1) is 6.21 Å². The third kappa shape index (κ3) is 3.55. The van der Waals surface area contributed by atoms with Crippen LogP contribution >= 0.6 is 0 Å². The number of para-hydroxylation sites is 2. The molecule has 1 unspecified atom stereocenters. The van der Waals surface area contributed by atoms with Crippen LogP contribution in [0, 0.1) is 0 Å². The van der Waals surface area contributed by atoms with Crippen LogP contribution in [-0.2, 0) is 14.9 Å². The number of furan rings is 1. The van der Waals surface area contributed by atoms with Gasteiger partial charge >= 0.3 is 10.1 Å². The van der Waals surface area contributed by atoms with Crippen LogP contribution in [0.5, 0.6) is 11.5 Å². The van der Waals surface area contributed by atoms with Crippen molar-refractivity contribution in [3.05, 3.63) is 42.2 Å². The zero-order valence-electron chi connectivity index (χ0n) is 12.1. The van der Waals surface area contributed by atoms with Crippen LogP contribution in [0.1, 0.15) is 5.76 Å². The molecule has 1 amide bonds. The van der Waals surface area contributed by atoms with Crippen molar-refractivity contribution in [2.75, 3.05) is 6.61 Å². The summed E-state index contributed by atoms with van der Waals surface area (Å²) in [5.41, 5.74) is 2.23. The molecular weight excluding hydrogens is 340 g/mol. The van der Waals surface area contributed by atoms with E-state index >= 15 is 0 Å². The molecule has 0 spiro atoms. The highest BCUT2D eigenvalue weighted by molar-refractivity contribution is 7.85. The van der Waals surface area contributed by atoms with E-state index in [4.69, 9.17) is 18.4 Å². The number of hydrazone groups is 1. The van der Waals surface area contributed by atoms with Gasteiger partial charge in [-0.25, -0.2) is 5.43 Å². The van der Waals surface area contributed by atoms with E-state index in [0.717, 1.165) is 12.3 Å². The first-order valence-electron chi connectivity index (χ1n) is 6.72. The number of rotatable bonds is 4. The molecule has 24 heavy (non-hydrogen) atoms. The van der Waals surface area contributed by atoms with Gasteiger partial charge < -0.3 is 13.9 Å². The van der Waals surface area contributed by atoms with Crippen molar-refractivity contribution in [3.8, 4) is 11.5 Å². The first-order valence-corrected chi connectivity index (χ1v) is 8.16. The van der Waals surface area contributed by atoms with Crippen molar-refractivity contribution in [2.45, 2.75) is 11.2 Å². The number of ether oxygens (including phenoxy) is 2. The molecule has 126 valence electrons. The number of amides is 1. The lowest BCUT2D eigenvalue weighted by Gasteiger charge is -2.24. The second kappa shape index (κ2) is 6.34. The Morgan fingerprint density at radius 2 is 2.00 bits per heavy atom. The van der Waals surface area contributed by atoms with Gasteiger partial charge in [0.25, 0.3) is 5.91 Å². The molecule has 0 saturated carbocycles. The molecule has 3 rings (SSSR count). The van der Waals surface area contributed by atoms with Crippen molar-refractivity contribution < 1.29 is 31.7 Å². The minimum Gasteiger partial charge on any atom is -0.485 e. The van der Waals surface area contributed by atoms with E-state index in [1.54, 1.807) is 24.3 Å². The van der Waals surface area contributed by atoms with E-state index in [-0.39, 0.29) is 12.4 Å². The third-order valence-corrected chi connectivity index (χ3v) is 3.75. The molecule has 9 nitrogen and oxygen atoms in total. The molecule has 0 fully saturated rings. The molecule has 1 aromatic carbocycles. The van der Waals surface area contributed by atoms with Crippen LogP contribution in [0.2, 0.25) is 0 Å². The number of nitrogens with one attached hydrogen (secondary N) is 1. The van der Waals surface area contributed by atoms with Crippen LogP contribution in [0.4, 0.5) is 0 Å². The average Bonchev–Trinajstić information content (AvgIpc) is 3.03. The van der Waals surface area contributed by atoms with E-state index in [1.165, 1.54) is 6.07 Å². The summed E-state index contributed by atoms with van der Waals surface area (Å²) < 4.78 is 46.2. The topological polar surface area (TPSA) is 127 Å².